The summed E-state index contributed by atoms with van der Waals surface area (Å²) in [6, 6.07) is 6.90. The summed E-state index contributed by atoms with van der Waals surface area (Å²) >= 11 is 0. The third-order valence-corrected chi connectivity index (χ3v) is 3.70. The molecule has 2 aromatic rings. The van der Waals surface area contributed by atoms with Crippen molar-refractivity contribution in [1.82, 2.24) is 4.98 Å². The number of pyridine rings is 1. The lowest BCUT2D eigenvalue weighted by molar-refractivity contribution is -0.144. The summed E-state index contributed by atoms with van der Waals surface area (Å²) in [4.78, 5) is 21.2. The van der Waals surface area contributed by atoms with Crippen molar-refractivity contribution < 1.29 is 22.8 Å². The van der Waals surface area contributed by atoms with Gasteiger partial charge in [-0.25, -0.2) is 13.2 Å². The van der Waals surface area contributed by atoms with Gasteiger partial charge in [-0.15, -0.1) is 0 Å². The van der Waals surface area contributed by atoms with E-state index in [2.05, 4.69) is 10.1 Å². The van der Waals surface area contributed by atoms with Gasteiger partial charge in [-0.3, -0.25) is 9.78 Å². The van der Waals surface area contributed by atoms with Gasteiger partial charge in [-0.05, 0) is 30.7 Å². The molecule has 1 unspecified atom stereocenters. The second-order valence-electron chi connectivity index (χ2n) is 5.30. The second kappa shape index (κ2) is 7.78. The highest BCUT2D eigenvalue weighted by Gasteiger charge is 2.38. The molecule has 0 saturated carbocycles. The van der Waals surface area contributed by atoms with Crippen LogP contribution in [-0.2, 0) is 16.1 Å². The van der Waals surface area contributed by atoms with Crippen LogP contribution in [0.5, 0.6) is 0 Å². The molecule has 0 spiro atoms. The van der Waals surface area contributed by atoms with Crippen LogP contribution in [0.25, 0.3) is 0 Å². The minimum absolute atomic E-state index is 0.0529. The fourth-order valence-corrected chi connectivity index (χ4v) is 2.15. The van der Waals surface area contributed by atoms with Gasteiger partial charge in [-0.2, -0.15) is 0 Å². The number of halogens is 3. The molecule has 1 heterocycles. The van der Waals surface area contributed by atoms with Gasteiger partial charge in [0.25, 0.3) is 5.91 Å². The Morgan fingerprint density at radius 2 is 2.04 bits per heavy atom. The van der Waals surface area contributed by atoms with Crippen molar-refractivity contribution in [3.05, 3.63) is 65.2 Å². The number of aromatic nitrogens is 1. The quantitative estimate of drug-likeness (QED) is 0.473. The zero-order valence-electron chi connectivity index (χ0n) is 13.4. The Hall–Kier alpha value is -2.90. The van der Waals surface area contributed by atoms with Crippen molar-refractivity contribution in [2.45, 2.75) is 25.4 Å². The molecule has 5 nitrogen and oxygen atoms in total. The van der Waals surface area contributed by atoms with E-state index in [-0.39, 0.29) is 18.4 Å². The zero-order valence-corrected chi connectivity index (χ0v) is 13.4. The normalized spacial score (nSPS) is 13.6. The molecule has 25 heavy (non-hydrogen) atoms. The van der Waals surface area contributed by atoms with E-state index < -0.39 is 29.0 Å². The van der Waals surface area contributed by atoms with Crippen LogP contribution in [0.15, 0.2) is 41.7 Å². The number of carbonyl (C=O) groups is 1. The van der Waals surface area contributed by atoms with Crippen molar-refractivity contribution >= 4 is 12.1 Å². The van der Waals surface area contributed by atoms with Crippen LogP contribution >= 0.6 is 0 Å². The average molecular weight is 351 g/mol. The molecule has 0 saturated heterocycles. The molecule has 0 aliphatic rings. The predicted molar refractivity (Wildman–Crippen MR) is 85.2 cm³/mol. The van der Waals surface area contributed by atoms with Crippen LogP contribution in [-0.4, -0.2) is 22.7 Å². The van der Waals surface area contributed by atoms with Crippen LogP contribution in [0, 0.1) is 17.5 Å². The smallest absolute Gasteiger partial charge is 0.264 e. The fourth-order valence-electron chi connectivity index (χ4n) is 2.15. The maximum atomic E-state index is 13.6. The lowest BCUT2D eigenvalue weighted by Gasteiger charge is -2.26. The SMILES string of the molecule is CCC(Cc1ccccn1)(ON=Cc1ccc(F)c(F)c1F)C(N)=O. The molecular formula is C17H16F3N3O2. The van der Waals surface area contributed by atoms with E-state index >= 15 is 0 Å². The van der Waals surface area contributed by atoms with Gasteiger partial charge in [-0.1, -0.05) is 18.1 Å². The number of nitrogens with two attached hydrogens (primary N) is 1. The number of rotatable bonds is 7. The number of primary amides is 1. The molecule has 132 valence electrons. The first-order valence-corrected chi connectivity index (χ1v) is 7.44. The molecule has 1 atom stereocenters. The standard InChI is InChI=1S/C17H16F3N3O2/c1-2-17(16(21)24,9-12-5-3-4-8-22-12)25-23-10-11-6-7-13(18)15(20)14(11)19/h3-8,10H,2,9H2,1H3,(H2,21,24). The molecule has 8 heteroatoms. The number of oxime groups is 1. The minimum atomic E-state index is -1.62. The largest absolute Gasteiger partial charge is 0.379 e. The monoisotopic (exact) mass is 351 g/mol. The maximum Gasteiger partial charge on any atom is 0.264 e. The van der Waals surface area contributed by atoms with Crippen molar-refractivity contribution in [3.8, 4) is 0 Å². The van der Waals surface area contributed by atoms with Gasteiger partial charge in [0.1, 0.15) is 0 Å². The van der Waals surface area contributed by atoms with Crippen molar-refractivity contribution in [3.63, 3.8) is 0 Å². The van der Waals surface area contributed by atoms with Gasteiger partial charge >= 0.3 is 0 Å². The minimum Gasteiger partial charge on any atom is -0.379 e. The third-order valence-electron chi connectivity index (χ3n) is 3.70. The van der Waals surface area contributed by atoms with Crippen LogP contribution in [0.2, 0.25) is 0 Å². The zero-order chi connectivity index (χ0) is 18.4. The number of hydrogen-bond acceptors (Lipinski definition) is 4. The average Bonchev–Trinajstić information content (AvgIpc) is 2.61. The second-order valence-corrected chi connectivity index (χ2v) is 5.30. The summed E-state index contributed by atoms with van der Waals surface area (Å²) in [5.74, 6) is -5.11. The van der Waals surface area contributed by atoms with Crippen LogP contribution in [0.3, 0.4) is 0 Å². The summed E-state index contributed by atoms with van der Waals surface area (Å²) in [6.07, 6.45) is 2.63. The summed E-state index contributed by atoms with van der Waals surface area (Å²) in [7, 11) is 0. The summed E-state index contributed by atoms with van der Waals surface area (Å²) in [5, 5.41) is 3.55. The van der Waals surface area contributed by atoms with Gasteiger partial charge in [0.05, 0.1) is 6.21 Å². The van der Waals surface area contributed by atoms with Crippen LogP contribution in [0.4, 0.5) is 13.2 Å². The van der Waals surface area contributed by atoms with E-state index in [1.807, 2.05) is 0 Å². The third kappa shape index (κ3) is 4.14. The summed E-state index contributed by atoms with van der Waals surface area (Å²) < 4.78 is 39.7. The molecule has 0 aliphatic heterocycles. The Morgan fingerprint density at radius 3 is 2.64 bits per heavy atom. The Bertz CT molecular complexity index is 784. The van der Waals surface area contributed by atoms with Crippen molar-refractivity contribution in [2.75, 3.05) is 0 Å². The van der Waals surface area contributed by atoms with Gasteiger partial charge in [0.15, 0.2) is 17.5 Å². The Morgan fingerprint density at radius 1 is 1.28 bits per heavy atom. The van der Waals surface area contributed by atoms with Crippen LogP contribution < -0.4 is 5.73 Å². The summed E-state index contributed by atoms with van der Waals surface area (Å²) in [5.41, 5.74) is 4.16. The van der Waals surface area contributed by atoms with E-state index in [0.717, 1.165) is 18.3 Å². The molecule has 0 fully saturated rings. The Labute approximate surface area is 142 Å². The number of amides is 1. The first kappa shape index (κ1) is 18.4. The predicted octanol–water partition coefficient (Wildman–Crippen LogP) is 2.73. The fraction of sp³-hybridized carbons (Fsp3) is 0.235. The van der Waals surface area contributed by atoms with Gasteiger partial charge < -0.3 is 10.6 Å². The first-order chi connectivity index (χ1) is 11.9. The maximum absolute atomic E-state index is 13.6. The lowest BCUT2D eigenvalue weighted by atomic mass is 9.93. The highest BCUT2D eigenvalue weighted by molar-refractivity contribution is 5.84. The number of benzene rings is 1. The molecule has 2 N–H and O–H groups in total. The summed E-state index contributed by atoms with van der Waals surface area (Å²) in [6.45, 7) is 1.67. The van der Waals surface area contributed by atoms with Gasteiger partial charge in [0.2, 0.25) is 5.60 Å². The van der Waals surface area contributed by atoms with Crippen molar-refractivity contribution in [2.24, 2.45) is 10.9 Å². The highest BCUT2D eigenvalue weighted by Crippen LogP contribution is 2.22. The van der Waals surface area contributed by atoms with Crippen molar-refractivity contribution in [1.29, 1.82) is 0 Å². The van der Waals surface area contributed by atoms with E-state index in [1.54, 1.807) is 31.3 Å². The molecule has 0 radical (unpaired) electrons. The van der Waals surface area contributed by atoms with E-state index in [0.29, 0.717) is 5.69 Å². The number of carbonyl (C=O) groups excluding carboxylic acids is 1. The first-order valence-electron chi connectivity index (χ1n) is 7.44. The molecule has 1 aromatic carbocycles. The van der Waals surface area contributed by atoms with Gasteiger partial charge in [0, 0.05) is 23.9 Å². The Balaban J connectivity index is 2.23. The Kier molecular flexibility index (Phi) is 5.74. The molecule has 0 bridgehead atoms. The molecular weight excluding hydrogens is 335 g/mol. The van der Waals surface area contributed by atoms with Crippen LogP contribution in [0.1, 0.15) is 24.6 Å². The molecule has 2 rings (SSSR count). The number of hydrogen-bond donors (Lipinski definition) is 1. The topological polar surface area (TPSA) is 77.6 Å². The van der Waals surface area contributed by atoms with E-state index in [9.17, 15) is 18.0 Å². The molecule has 0 aliphatic carbocycles. The highest BCUT2D eigenvalue weighted by atomic mass is 19.2. The molecule has 1 aromatic heterocycles. The molecule has 1 amide bonds. The van der Waals surface area contributed by atoms with E-state index in [4.69, 9.17) is 10.6 Å². The van der Waals surface area contributed by atoms with E-state index in [1.165, 1.54) is 0 Å². The number of nitrogens with zero attached hydrogens (tertiary/aromatic N) is 2. The lowest BCUT2D eigenvalue weighted by Crippen LogP contribution is -2.47.